The molecule has 0 saturated heterocycles. The Kier molecular flexibility index (Phi) is 4.34. The molecule has 1 aliphatic rings. The molecular weight excluding hydrogens is 296 g/mol. The van der Waals surface area contributed by atoms with E-state index in [0.717, 1.165) is 42.2 Å². The highest BCUT2D eigenvalue weighted by Crippen LogP contribution is 2.39. The molecule has 1 N–H and O–H groups in total. The highest BCUT2D eigenvalue weighted by molar-refractivity contribution is 6.38. The molecule has 1 aliphatic heterocycles. The molecule has 1 heterocycles. The van der Waals surface area contributed by atoms with Gasteiger partial charge in [-0.2, -0.15) is 0 Å². The van der Waals surface area contributed by atoms with Crippen molar-refractivity contribution in [1.29, 1.82) is 0 Å². The third-order valence-corrected chi connectivity index (χ3v) is 4.48. The largest absolute Gasteiger partial charge is 0.497 e. The van der Waals surface area contributed by atoms with E-state index in [9.17, 15) is 0 Å². The highest BCUT2D eigenvalue weighted by Gasteiger charge is 2.38. The van der Waals surface area contributed by atoms with Crippen LogP contribution < -0.4 is 10.1 Å². The van der Waals surface area contributed by atoms with E-state index in [1.165, 1.54) is 0 Å². The molecule has 114 valence electrons. The Bertz CT molecular complexity index is 672. The summed E-state index contributed by atoms with van der Waals surface area (Å²) in [6.45, 7) is 1.69. The van der Waals surface area contributed by atoms with Gasteiger partial charge in [-0.05, 0) is 29.7 Å². The molecule has 3 rings (SSSR count). The van der Waals surface area contributed by atoms with Crippen LogP contribution in [0, 0.1) is 0 Å². The fraction of sp³-hybridized carbons (Fsp3) is 0.278. The third kappa shape index (κ3) is 2.69. The van der Waals surface area contributed by atoms with Gasteiger partial charge in [-0.25, -0.2) is 0 Å². The van der Waals surface area contributed by atoms with Crippen molar-refractivity contribution in [2.45, 2.75) is 11.3 Å². The van der Waals surface area contributed by atoms with Gasteiger partial charge in [0.25, 0.3) is 0 Å². The summed E-state index contributed by atoms with van der Waals surface area (Å²) >= 11 is 7.15. The highest BCUT2D eigenvalue weighted by atomic mass is 35.5. The summed E-state index contributed by atoms with van der Waals surface area (Å²) in [5, 5.41) is 3.37. The molecule has 2 aromatic rings. The molecule has 4 heteroatoms. The molecule has 0 fully saturated rings. The van der Waals surface area contributed by atoms with Crippen LogP contribution in [0.3, 0.4) is 0 Å². The first-order chi connectivity index (χ1) is 10.7. The lowest BCUT2D eigenvalue weighted by Gasteiger charge is -2.32. The number of benzene rings is 2. The van der Waals surface area contributed by atoms with Crippen LogP contribution in [0.4, 0.5) is 0 Å². The Hall–Kier alpha value is -2.00. The number of rotatable bonds is 4. The number of hydrogen-bond donors (Lipinski definition) is 1. The van der Waals surface area contributed by atoms with Crippen LogP contribution in [0.15, 0.2) is 59.6 Å². The van der Waals surface area contributed by atoms with E-state index >= 15 is 0 Å². The standard InChI is InChI=1S/C18H19ClN2O/c1-22-16-10-5-9-15(13-16)18(19,14-7-3-2-4-8-14)17-20-11-6-12-21-17/h2-5,7-10,13H,6,11-12H2,1H3,(H,20,21). The van der Waals surface area contributed by atoms with E-state index in [1.807, 2.05) is 54.6 Å². The second-order valence-corrected chi connectivity index (χ2v) is 5.83. The summed E-state index contributed by atoms with van der Waals surface area (Å²) < 4.78 is 5.35. The molecule has 3 nitrogen and oxygen atoms in total. The predicted octanol–water partition coefficient (Wildman–Crippen LogP) is 3.57. The number of ether oxygens (including phenoxy) is 1. The van der Waals surface area contributed by atoms with Crippen LogP contribution >= 0.6 is 11.6 Å². The second kappa shape index (κ2) is 6.41. The molecule has 1 atom stereocenters. The molecule has 0 aromatic heterocycles. The van der Waals surface area contributed by atoms with E-state index < -0.39 is 4.87 Å². The quantitative estimate of drug-likeness (QED) is 0.875. The van der Waals surface area contributed by atoms with Crippen molar-refractivity contribution in [2.75, 3.05) is 20.2 Å². The number of alkyl halides is 1. The summed E-state index contributed by atoms with van der Waals surface area (Å²) in [7, 11) is 1.66. The minimum absolute atomic E-state index is 0.787. The van der Waals surface area contributed by atoms with Crippen molar-refractivity contribution in [3.05, 3.63) is 65.7 Å². The zero-order valence-corrected chi connectivity index (χ0v) is 13.3. The summed E-state index contributed by atoms with van der Waals surface area (Å²) in [5.41, 5.74) is 1.95. The van der Waals surface area contributed by atoms with Gasteiger partial charge in [0.1, 0.15) is 11.6 Å². The maximum absolute atomic E-state index is 7.15. The van der Waals surface area contributed by atoms with E-state index in [-0.39, 0.29) is 0 Å². The molecule has 0 amide bonds. The van der Waals surface area contributed by atoms with E-state index in [1.54, 1.807) is 7.11 Å². The van der Waals surface area contributed by atoms with Crippen molar-refractivity contribution in [2.24, 2.45) is 4.99 Å². The van der Waals surface area contributed by atoms with Gasteiger partial charge in [0.05, 0.1) is 7.11 Å². The van der Waals surface area contributed by atoms with Gasteiger partial charge in [0, 0.05) is 13.1 Å². The van der Waals surface area contributed by atoms with Crippen molar-refractivity contribution in [3.8, 4) is 5.75 Å². The number of amidine groups is 1. The lowest BCUT2D eigenvalue weighted by molar-refractivity contribution is 0.414. The average molecular weight is 315 g/mol. The maximum atomic E-state index is 7.15. The number of hydrogen-bond acceptors (Lipinski definition) is 3. The first-order valence-electron chi connectivity index (χ1n) is 7.43. The molecule has 2 aromatic carbocycles. The van der Waals surface area contributed by atoms with Crippen LogP contribution in [0.2, 0.25) is 0 Å². The van der Waals surface area contributed by atoms with Crippen LogP contribution in [-0.4, -0.2) is 26.0 Å². The van der Waals surface area contributed by atoms with E-state index in [0.29, 0.717) is 0 Å². The van der Waals surface area contributed by atoms with Gasteiger partial charge in [-0.3, -0.25) is 4.99 Å². The van der Waals surface area contributed by atoms with Gasteiger partial charge >= 0.3 is 0 Å². The molecule has 0 aliphatic carbocycles. The Labute approximate surface area is 136 Å². The first kappa shape index (κ1) is 14.9. The topological polar surface area (TPSA) is 33.6 Å². The van der Waals surface area contributed by atoms with Gasteiger partial charge in [-0.1, -0.05) is 42.5 Å². The fourth-order valence-electron chi connectivity index (χ4n) is 2.71. The Morgan fingerprint density at radius 2 is 1.86 bits per heavy atom. The fourth-order valence-corrected chi connectivity index (χ4v) is 3.08. The molecular formula is C18H19ClN2O. The summed E-state index contributed by atoms with van der Waals surface area (Å²) in [6, 6.07) is 17.9. The van der Waals surface area contributed by atoms with E-state index in [2.05, 4.69) is 10.3 Å². The summed E-state index contributed by atoms with van der Waals surface area (Å²) in [5.74, 6) is 1.59. The first-order valence-corrected chi connectivity index (χ1v) is 7.80. The normalized spacial score (nSPS) is 17.1. The van der Waals surface area contributed by atoms with Gasteiger partial charge in [0.2, 0.25) is 0 Å². The van der Waals surface area contributed by atoms with Gasteiger partial charge in [0.15, 0.2) is 4.87 Å². The minimum Gasteiger partial charge on any atom is -0.497 e. The van der Waals surface area contributed by atoms with Gasteiger partial charge in [-0.15, -0.1) is 11.6 Å². The third-order valence-electron chi connectivity index (χ3n) is 3.86. The lowest BCUT2D eigenvalue weighted by Crippen LogP contribution is -2.44. The maximum Gasteiger partial charge on any atom is 0.151 e. The van der Waals surface area contributed by atoms with Crippen molar-refractivity contribution in [1.82, 2.24) is 5.32 Å². The molecule has 0 radical (unpaired) electrons. The number of nitrogens with zero attached hydrogens (tertiary/aromatic N) is 1. The number of methoxy groups -OCH3 is 1. The van der Waals surface area contributed by atoms with Crippen LogP contribution in [0.1, 0.15) is 17.5 Å². The molecule has 22 heavy (non-hydrogen) atoms. The molecule has 0 spiro atoms. The molecule has 0 saturated carbocycles. The van der Waals surface area contributed by atoms with Crippen molar-refractivity contribution >= 4 is 17.4 Å². The number of halogens is 1. The van der Waals surface area contributed by atoms with Crippen LogP contribution in [-0.2, 0) is 4.87 Å². The van der Waals surface area contributed by atoms with Crippen LogP contribution in [0.25, 0.3) is 0 Å². The monoisotopic (exact) mass is 314 g/mol. The second-order valence-electron chi connectivity index (χ2n) is 5.27. The van der Waals surface area contributed by atoms with Crippen molar-refractivity contribution < 1.29 is 4.74 Å². The Morgan fingerprint density at radius 3 is 2.55 bits per heavy atom. The zero-order valence-electron chi connectivity index (χ0n) is 12.6. The average Bonchev–Trinajstić information content (AvgIpc) is 2.62. The summed E-state index contributed by atoms with van der Waals surface area (Å²) in [6.07, 6.45) is 1.03. The Balaban J connectivity index is 2.16. The summed E-state index contributed by atoms with van der Waals surface area (Å²) in [4.78, 5) is 3.82. The zero-order chi connectivity index (χ0) is 15.4. The SMILES string of the molecule is COc1cccc(C(Cl)(C2=NCCCN2)c2ccccc2)c1. The molecule has 1 unspecified atom stereocenters. The molecule has 0 bridgehead atoms. The predicted molar refractivity (Wildman–Crippen MR) is 91.0 cm³/mol. The van der Waals surface area contributed by atoms with Crippen LogP contribution in [0.5, 0.6) is 5.75 Å². The Morgan fingerprint density at radius 1 is 1.09 bits per heavy atom. The van der Waals surface area contributed by atoms with Crippen molar-refractivity contribution in [3.63, 3.8) is 0 Å². The lowest BCUT2D eigenvalue weighted by atomic mass is 9.88. The van der Waals surface area contributed by atoms with E-state index in [4.69, 9.17) is 16.3 Å². The van der Waals surface area contributed by atoms with Gasteiger partial charge < -0.3 is 10.1 Å². The minimum atomic E-state index is -0.823. The number of aliphatic imine (C=N–C) groups is 1. The number of nitrogens with one attached hydrogen (secondary N) is 1. The smallest absolute Gasteiger partial charge is 0.151 e.